The SMILES string of the molecule is CCC(C)NC(=O)CN(CCCN)c1cccc(C)c1. The van der Waals surface area contributed by atoms with Gasteiger partial charge in [-0.2, -0.15) is 0 Å². The lowest BCUT2D eigenvalue weighted by Gasteiger charge is -2.25. The minimum absolute atomic E-state index is 0.0675. The Morgan fingerprint density at radius 1 is 1.45 bits per heavy atom. The number of anilines is 1. The van der Waals surface area contributed by atoms with Crippen LogP contribution in [0.3, 0.4) is 0 Å². The van der Waals surface area contributed by atoms with E-state index in [-0.39, 0.29) is 11.9 Å². The van der Waals surface area contributed by atoms with Crippen molar-refractivity contribution in [2.24, 2.45) is 5.73 Å². The molecule has 1 rings (SSSR count). The number of hydrogen-bond acceptors (Lipinski definition) is 3. The molecule has 20 heavy (non-hydrogen) atoms. The zero-order chi connectivity index (χ0) is 15.0. The quantitative estimate of drug-likeness (QED) is 0.765. The first-order valence-electron chi connectivity index (χ1n) is 7.37. The Balaban J connectivity index is 2.71. The topological polar surface area (TPSA) is 58.4 Å². The molecule has 1 atom stereocenters. The van der Waals surface area contributed by atoms with Crippen molar-refractivity contribution < 1.29 is 4.79 Å². The molecule has 0 saturated carbocycles. The van der Waals surface area contributed by atoms with Gasteiger partial charge in [-0.3, -0.25) is 4.79 Å². The van der Waals surface area contributed by atoms with E-state index in [9.17, 15) is 4.79 Å². The fraction of sp³-hybridized carbons (Fsp3) is 0.562. The van der Waals surface area contributed by atoms with Gasteiger partial charge < -0.3 is 16.0 Å². The summed E-state index contributed by atoms with van der Waals surface area (Å²) < 4.78 is 0. The highest BCUT2D eigenvalue weighted by Crippen LogP contribution is 2.16. The van der Waals surface area contributed by atoms with E-state index in [0.717, 1.165) is 25.1 Å². The van der Waals surface area contributed by atoms with Crippen molar-refractivity contribution in [3.05, 3.63) is 29.8 Å². The van der Waals surface area contributed by atoms with E-state index in [1.165, 1.54) is 5.56 Å². The Labute approximate surface area is 122 Å². The molecule has 0 aliphatic carbocycles. The fourth-order valence-corrected chi connectivity index (χ4v) is 2.00. The third-order valence-electron chi connectivity index (χ3n) is 3.35. The van der Waals surface area contributed by atoms with Crippen LogP contribution in [0.25, 0.3) is 0 Å². The van der Waals surface area contributed by atoms with Crippen molar-refractivity contribution in [1.82, 2.24) is 5.32 Å². The number of amides is 1. The van der Waals surface area contributed by atoms with Crippen molar-refractivity contribution in [3.8, 4) is 0 Å². The van der Waals surface area contributed by atoms with Crippen LogP contribution in [-0.2, 0) is 4.79 Å². The lowest BCUT2D eigenvalue weighted by Crippen LogP contribution is -2.41. The van der Waals surface area contributed by atoms with Crippen molar-refractivity contribution in [2.45, 2.75) is 39.7 Å². The summed E-state index contributed by atoms with van der Waals surface area (Å²) in [5.41, 5.74) is 7.87. The third kappa shape index (κ3) is 5.61. The van der Waals surface area contributed by atoms with Gasteiger partial charge in [0.1, 0.15) is 0 Å². The number of carbonyl (C=O) groups excluding carboxylic acids is 1. The Bertz CT molecular complexity index is 420. The lowest BCUT2D eigenvalue weighted by atomic mass is 10.2. The molecule has 112 valence electrons. The summed E-state index contributed by atoms with van der Waals surface area (Å²) >= 11 is 0. The first-order chi connectivity index (χ1) is 9.56. The van der Waals surface area contributed by atoms with Crippen LogP contribution in [0.15, 0.2) is 24.3 Å². The van der Waals surface area contributed by atoms with Crippen molar-refractivity contribution in [1.29, 1.82) is 0 Å². The first-order valence-corrected chi connectivity index (χ1v) is 7.37. The molecule has 1 unspecified atom stereocenters. The van der Waals surface area contributed by atoms with Gasteiger partial charge in [0.25, 0.3) is 0 Å². The summed E-state index contributed by atoms with van der Waals surface area (Å²) in [4.78, 5) is 14.2. The van der Waals surface area contributed by atoms with Crippen LogP contribution < -0.4 is 16.0 Å². The highest BCUT2D eigenvalue weighted by Gasteiger charge is 2.12. The van der Waals surface area contributed by atoms with Crippen LogP contribution in [0.2, 0.25) is 0 Å². The number of rotatable bonds is 8. The van der Waals surface area contributed by atoms with E-state index in [1.807, 2.05) is 19.1 Å². The zero-order valence-corrected chi connectivity index (χ0v) is 12.9. The second-order valence-electron chi connectivity index (χ2n) is 5.28. The number of hydrogen-bond donors (Lipinski definition) is 2. The molecule has 4 nitrogen and oxygen atoms in total. The van der Waals surface area contributed by atoms with Gasteiger partial charge in [0.2, 0.25) is 5.91 Å². The minimum Gasteiger partial charge on any atom is -0.362 e. The summed E-state index contributed by atoms with van der Waals surface area (Å²) in [7, 11) is 0. The maximum absolute atomic E-state index is 12.1. The molecule has 0 bridgehead atoms. The molecule has 0 radical (unpaired) electrons. The first kappa shape index (κ1) is 16.5. The van der Waals surface area contributed by atoms with Gasteiger partial charge in [-0.1, -0.05) is 19.1 Å². The van der Waals surface area contributed by atoms with E-state index >= 15 is 0 Å². The van der Waals surface area contributed by atoms with Gasteiger partial charge in [0.15, 0.2) is 0 Å². The van der Waals surface area contributed by atoms with Gasteiger partial charge >= 0.3 is 0 Å². The molecule has 4 heteroatoms. The number of carbonyl (C=O) groups is 1. The van der Waals surface area contributed by atoms with E-state index < -0.39 is 0 Å². The highest BCUT2D eigenvalue weighted by molar-refractivity contribution is 5.81. The number of nitrogens with one attached hydrogen (secondary N) is 1. The van der Waals surface area contributed by atoms with Crippen LogP contribution in [0.1, 0.15) is 32.3 Å². The fourth-order valence-electron chi connectivity index (χ4n) is 2.00. The second-order valence-corrected chi connectivity index (χ2v) is 5.28. The summed E-state index contributed by atoms with van der Waals surface area (Å²) in [5, 5.41) is 3.01. The Morgan fingerprint density at radius 3 is 2.80 bits per heavy atom. The number of nitrogens with zero attached hydrogens (tertiary/aromatic N) is 1. The van der Waals surface area contributed by atoms with Crippen molar-refractivity contribution in [2.75, 3.05) is 24.5 Å². The molecule has 0 fully saturated rings. The van der Waals surface area contributed by atoms with Crippen molar-refractivity contribution in [3.63, 3.8) is 0 Å². The standard InChI is InChI=1S/C16H27N3O/c1-4-14(3)18-16(20)12-19(10-6-9-17)15-8-5-7-13(2)11-15/h5,7-8,11,14H,4,6,9-10,12,17H2,1-3H3,(H,18,20). The van der Waals surface area contributed by atoms with Gasteiger partial charge in [-0.15, -0.1) is 0 Å². The molecular formula is C16H27N3O. The van der Waals surface area contributed by atoms with Gasteiger partial charge in [0.05, 0.1) is 6.54 Å². The number of nitrogens with two attached hydrogens (primary N) is 1. The predicted octanol–water partition coefficient (Wildman–Crippen LogP) is 2.06. The van der Waals surface area contributed by atoms with E-state index in [0.29, 0.717) is 13.1 Å². The van der Waals surface area contributed by atoms with Crippen LogP contribution in [0.4, 0.5) is 5.69 Å². The van der Waals surface area contributed by atoms with Crippen molar-refractivity contribution >= 4 is 11.6 Å². The summed E-state index contributed by atoms with van der Waals surface area (Å²) in [6, 6.07) is 8.44. The molecule has 0 saturated heterocycles. The molecule has 0 aromatic heterocycles. The van der Waals surface area contributed by atoms with E-state index in [1.54, 1.807) is 0 Å². The zero-order valence-electron chi connectivity index (χ0n) is 12.9. The maximum Gasteiger partial charge on any atom is 0.239 e. The molecule has 0 spiro atoms. The van der Waals surface area contributed by atoms with Gasteiger partial charge in [0, 0.05) is 18.3 Å². The van der Waals surface area contributed by atoms with Gasteiger partial charge in [-0.05, 0) is 50.9 Å². The summed E-state index contributed by atoms with van der Waals surface area (Å²) in [5.74, 6) is 0.0675. The summed E-state index contributed by atoms with van der Waals surface area (Å²) in [6.45, 7) is 7.97. The monoisotopic (exact) mass is 277 g/mol. The van der Waals surface area contributed by atoms with Crippen LogP contribution >= 0.6 is 0 Å². The highest BCUT2D eigenvalue weighted by atomic mass is 16.2. The average Bonchev–Trinajstić information content (AvgIpc) is 2.43. The van der Waals surface area contributed by atoms with E-state index in [2.05, 4.69) is 36.2 Å². The average molecular weight is 277 g/mol. The molecule has 1 amide bonds. The molecule has 1 aromatic carbocycles. The number of aryl methyl sites for hydroxylation is 1. The molecular weight excluding hydrogens is 250 g/mol. The molecule has 0 heterocycles. The van der Waals surface area contributed by atoms with E-state index in [4.69, 9.17) is 5.73 Å². The largest absolute Gasteiger partial charge is 0.362 e. The smallest absolute Gasteiger partial charge is 0.239 e. The molecule has 3 N–H and O–H groups in total. The minimum atomic E-state index is 0.0675. The predicted molar refractivity (Wildman–Crippen MR) is 85.0 cm³/mol. The normalized spacial score (nSPS) is 12.0. The van der Waals surface area contributed by atoms with Crippen LogP contribution in [0, 0.1) is 6.92 Å². The number of benzene rings is 1. The van der Waals surface area contributed by atoms with Gasteiger partial charge in [-0.25, -0.2) is 0 Å². The lowest BCUT2D eigenvalue weighted by molar-refractivity contribution is -0.120. The Hall–Kier alpha value is -1.55. The van der Waals surface area contributed by atoms with Crippen LogP contribution in [0.5, 0.6) is 0 Å². The Morgan fingerprint density at radius 2 is 2.20 bits per heavy atom. The molecule has 1 aromatic rings. The molecule has 0 aliphatic rings. The Kier molecular flexibility index (Phi) is 7.09. The third-order valence-corrected chi connectivity index (χ3v) is 3.35. The molecule has 0 aliphatic heterocycles. The summed E-state index contributed by atoms with van der Waals surface area (Å²) in [6.07, 6.45) is 1.82. The van der Waals surface area contributed by atoms with Crippen LogP contribution in [-0.4, -0.2) is 31.6 Å². The second kappa shape index (κ2) is 8.59. The maximum atomic E-state index is 12.1.